The van der Waals surface area contributed by atoms with Crippen molar-refractivity contribution < 1.29 is 27.1 Å². The zero-order valence-corrected chi connectivity index (χ0v) is 16.2. The molecule has 1 fully saturated rings. The molecule has 150 valence electrons. The van der Waals surface area contributed by atoms with E-state index in [0.717, 1.165) is 0 Å². The Bertz CT molecular complexity index is 910. The molecule has 1 saturated heterocycles. The zero-order valence-electron chi connectivity index (χ0n) is 15.4. The van der Waals surface area contributed by atoms with Gasteiger partial charge in [0, 0.05) is 25.8 Å². The Labute approximate surface area is 163 Å². The Morgan fingerprint density at radius 2 is 1.71 bits per heavy atom. The van der Waals surface area contributed by atoms with Gasteiger partial charge in [-0.15, -0.1) is 0 Å². The van der Waals surface area contributed by atoms with Crippen molar-refractivity contribution in [2.75, 3.05) is 44.9 Å². The summed E-state index contributed by atoms with van der Waals surface area (Å²) in [5, 5.41) is 0. The molecule has 2 aromatic carbocycles. The van der Waals surface area contributed by atoms with E-state index in [4.69, 9.17) is 9.47 Å². The van der Waals surface area contributed by atoms with E-state index >= 15 is 0 Å². The molecule has 0 spiro atoms. The van der Waals surface area contributed by atoms with Crippen molar-refractivity contribution in [3.05, 3.63) is 54.3 Å². The highest BCUT2D eigenvalue weighted by Gasteiger charge is 2.26. The molecular formula is C19H21FN2O5S. The molecule has 1 aliphatic heterocycles. The summed E-state index contributed by atoms with van der Waals surface area (Å²) in [6.45, 7) is 1.17. The molecule has 3 rings (SSSR count). The highest BCUT2D eigenvalue weighted by molar-refractivity contribution is 7.89. The van der Waals surface area contributed by atoms with Gasteiger partial charge in [-0.1, -0.05) is 0 Å². The van der Waals surface area contributed by atoms with Crippen LogP contribution >= 0.6 is 0 Å². The van der Waals surface area contributed by atoms with Crippen LogP contribution in [0.2, 0.25) is 0 Å². The molecule has 1 aliphatic rings. The smallest absolute Gasteiger partial charge is 0.264 e. The second-order valence-corrected chi connectivity index (χ2v) is 8.14. The van der Waals surface area contributed by atoms with Gasteiger partial charge in [0.1, 0.15) is 11.6 Å². The number of anilines is 1. The van der Waals surface area contributed by atoms with Crippen molar-refractivity contribution in [2.24, 2.45) is 0 Å². The topological polar surface area (TPSA) is 76.2 Å². The van der Waals surface area contributed by atoms with E-state index < -0.39 is 10.0 Å². The Kier molecular flexibility index (Phi) is 6.28. The number of morpholine rings is 1. The number of carbonyl (C=O) groups excluding carboxylic acids is 1. The summed E-state index contributed by atoms with van der Waals surface area (Å²) in [6, 6.07) is 11.5. The maximum Gasteiger partial charge on any atom is 0.264 e. The lowest BCUT2D eigenvalue weighted by molar-refractivity contribution is -0.120. The lowest BCUT2D eigenvalue weighted by Gasteiger charge is -2.26. The third-order valence-electron chi connectivity index (χ3n) is 4.38. The number of ether oxygens (including phenoxy) is 2. The zero-order chi connectivity index (χ0) is 20.1. The summed E-state index contributed by atoms with van der Waals surface area (Å²) < 4.78 is 50.1. The van der Waals surface area contributed by atoms with Gasteiger partial charge in [0.2, 0.25) is 10.0 Å². The number of hydrogen-bond acceptors (Lipinski definition) is 5. The van der Waals surface area contributed by atoms with E-state index in [1.165, 1.54) is 57.7 Å². The molecule has 9 heteroatoms. The van der Waals surface area contributed by atoms with Crippen molar-refractivity contribution in [3.8, 4) is 5.75 Å². The maximum atomic E-state index is 13.0. The molecule has 0 bridgehead atoms. The summed E-state index contributed by atoms with van der Waals surface area (Å²) in [7, 11) is -2.00. The van der Waals surface area contributed by atoms with E-state index in [1.54, 1.807) is 7.05 Å². The first kappa shape index (κ1) is 20.2. The number of halogens is 1. The third-order valence-corrected chi connectivity index (χ3v) is 6.29. The SMILES string of the molecule is CN(C(=O)COc1ccc(S(=O)(=O)N2CCOCC2)cc1)c1ccc(F)cc1. The summed E-state index contributed by atoms with van der Waals surface area (Å²) in [5.74, 6) is -0.327. The second kappa shape index (κ2) is 8.68. The minimum absolute atomic E-state index is 0.163. The third kappa shape index (κ3) is 4.67. The van der Waals surface area contributed by atoms with Crippen LogP contribution in [0.5, 0.6) is 5.75 Å². The molecule has 2 aromatic rings. The quantitative estimate of drug-likeness (QED) is 0.730. The van der Waals surface area contributed by atoms with E-state index in [9.17, 15) is 17.6 Å². The van der Waals surface area contributed by atoms with Crippen molar-refractivity contribution in [2.45, 2.75) is 4.90 Å². The minimum atomic E-state index is -3.57. The van der Waals surface area contributed by atoms with Gasteiger partial charge < -0.3 is 14.4 Å². The van der Waals surface area contributed by atoms with Crippen LogP contribution in [0.25, 0.3) is 0 Å². The van der Waals surface area contributed by atoms with Crippen LogP contribution < -0.4 is 9.64 Å². The normalized spacial score (nSPS) is 15.2. The molecule has 1 heterocycles. The van der Waals surface area contributed by atoms with Gasteiger partial charge in [0.25, 0.3) is 5.91 Å². The molecule has 7 nitrogen and oxygen atoms in total. The van der Waals surface area contributed by atoms with Crippen LogP contribution in [0, 0.1) is 5.82 Å². The first-order chi connectivity index (χ1) is 13.4. The van der Waals surface area contributed by atoms with Crippen molar-refractivity contribution in [1.82, 2.24) is 4.31 Å². The number of carbonyl (C=O) groups is 1. The molecule has 0 radical (unpaired) electrons. The first-order valence-electron chi connectivity index (χ1n) is 8.71. The Balaban J connectivity index is 1.59. The Hall–Kier alpha value is -2.49. The molecule has 1 amide bonds. The summed E-state index contributed by atoms with van der Waals surface area (Å²) in [5.41, 5.74) is 0.543. The van der Waals surface area contributed by atoms with Gasteiger partial charge in [-0.2, -0.15) is 4.31 Å². The Morgan fingerprint density at radius 1 is 1.11 bits per heavy atom. The van der Waals surface area contributed by atoms with Gasteiger partial charge in [0.05, 0.1) is 18.1 Å². The first-order valence-corrected chi connectivity index (χ1v) is 10.1. The number of likely N-dealkylation sites (N-methyl/N-ethyl adjacent to an activating group) is 1. The highest BCUT2D eigenvalue weighted by Crippen LogP contribution is 2.21. The fourth-order valence-corrected chi connectivity index (χ4v) is 4.10. The van der Waals surface area contributed by atoms with Crippen molar-refractivity contribution in [3.63, 3.8) is 0 Å². The molecule has 0 saturated carbocycles. The van der Waals surface area contributed by atoms with E-state index in [2.05, 4.69) is 0 Å². The van der Waals surface area contributed by atoms with Gasteiger partial charge in [-0.25, -0.2) is 12.8 Å². The molecule has 0 unspecified atom stereocenters. The molecular weight excluding hydrogens is 387 g/mol. The predicted molar refractivity (Wildman–Crippen MR) is 101 cm³/mol. The van der Waals surface area contributed by atoms with Gasteiger partial charge in [0.15, 0.2) is 6.61 Å². The van der Waals surface area contributed by atoms with Gasteiger partial charge in [-0.05, 0) is 48.5 Å². The van der Waals surface area contributed by atoms with Gasteiger partial charge in [-0.3, -0.25) is 4.79 Å². The fourth-order valence-electron chi connectivity index (χ4n) is 2.69. The number of sulfonamides is 1. The van der Waals surface area contributed by atoms with Crippen LogP contribution in [0.4, 0.5) is 10.1 Å². The standard InChI is InChI=1S/C19H21FN2O5S/c1-21(16-4-2-15(20)3-5-16)19(23)14-27-17-6-8-18(9-7-17)28(24,25)22-10-12-26-13-11-22/h2-9H,10-14H2,1H3. The summed E-state index contributed by atoms with van der Waals surface area (Å²) >= 11 is 0. The number of nitrogens with zero attached hydrogens (tertiary/aromatic N) is 2. The van der Waals surface area contributed by atoms with Crippen LogP contribution in [0.1, 0.15) is 0 Å². The van der Waals surface area contributed by atoms with Crippen molar-refractivity contribution >= 4 is 21.6 Å². The predicted octanol–water partition coefficient (Wildman–Crippen LogP) is 1.89. The maximum absolute atomic E-state index is 13.0. The molecule has 28 heavy (non-hydrogen) atoms. The fraction of sp³-hybridized carbons (Fsp3) is 0.316. The molecule has 0 N–H and O–H groups in total. The van der Waals surface area contributed by atoms with E-state index in [0.29, 0.717) is 37.7 Å². The van der Waals surface area contributed by atoms with Crippen LogP contribution in [-0.2, 0) is 19.6 Å². The number of hydrogen-bond donors (Lipinski definition) is 0. The highest BCUT2D eigenvalue weighted by atomic mass is 32.2. The summed E-state index contributed by atoms with van der Waals surface area (Å²) in [4.78, 5) is 13.7. The number of rotatable bonds is 6. The van der Waals surface area contributed by atoms with Crippen molar-refractivity contribution in [1.29, 1.82) is 0 Å². The lowest BCUT2D eigenvalue weighted by Crippen LogP contribution is -2.40. The average Bonchev–Trinajstić information content (AvgIpc) is 2.73. The minimum Gasteiger partial charge on any atom is -0.484 e. The molecule has 0 atom stereocenters. The molecule has 0 aliphatic carbocycles. The number of benzene rings is 2. The van der Waals surface area contributed by atoms with E-state index in [1.807, 2.05) is 0 Å². The second-order valence-electron chi connectivity index (χ2n) is 6.21. The number of amides is 1. The van der Waals surface area contributed by atoms with Gasteiger partial charge >= 0.3 is 0 Å². The Morgan fingerprint density at radius 3 is 2.32 bits per heavy atom. The largest absolute Gasteiger partial charge is 0.484 e. The molecule has 0 aromatic heterocycles. The average molecular weight is 408 g/mol. The summed E-state index contributed by atoms with van der Waals surface area (Å²) in [6.07, 6.45) is 0. The lowest BCUT2D eigenvalue weighted by atomic mass is 10.3. The van der Waals surface area contributed by atoms with Crippen LogP contribution in [-0.4, -0.2) is 58.6 Å². The van der Waals surface area contributed by atoms with Crippen LogP contribution in [0.3, 0.4) is 0 Å². The van der Waals surface area contributed by atoms with Crippen LogP contribution in [0.15, 0.2) is 53.4 Å². The monoisotopic (exact) mass is 408 g/mol. The van der Waals surface area contributed by atoms with E-state index in [-0.39, 0.29) is 23.2 Å².